The van der Waals surface area contributed by atoms with E-state index in [1.165, 1.54) is 0 Å². The van der Waals surface area contributed by atoms with E-state index in [4.69, 9.17) is 15.2 Å². The molecule has 0 aliphatic carbocycles. The van der Waals surface area contributed by atoms with Crippen molar-refractivity contribution >= 4 is 5.69 Å². The first-order valence-electron chi connectivity index (χ1n) is 7.49. The Morgan fingerprint density at radius 2 is 1.90 bits per heavy atom. The van der Waals surface area contributed by atoms with Gasteiger partial charge in [-0.05, 0) is 13.8 Å². The van der Waals surface area contributed by atoms with Crippen LogP contribution < -0.4 is 5.73 Å². The lowest BCUT2D eigenvalue weighted by atomic mass is 10.3. The number of aliphatic hydroxyl groups is 1. The van der Waals surface area contributed by atoms with Gasteiger partial charge in [-0.15, -0.1) is 0 Å². The Balaban J connectivity index is 2.37. The number of hydrogen-bond acceptors (Lipinski definition) is 6. The number of aliphatic hydroxyl groups excluding tert-OH is 1. The smallest absolute Gasteiger partial charge is 0.0862 e. The second-order valence-electron chi connectivity index (χ2n) is 4.84. The molecule has 122 valence electrons. The topological polar surface area (TPSA) is 85.8 Å². The van der Waals surface area contributed by atoms with Crippen molar-refractivity contribution in [2.24, 2.45) is 0 Å². The van der Waals surface area contributed by atoms with Gasteiger partial charge in [0.05, 0.1) is 37.7 Å². The van der Waals surface area contributed by atoms with Crippen LogP contribution in [0.15, 0.2) is 12.4 Å². The van der Waals surface area contributed by atoms with Crippen molar-refractivity contribution in [2.45, 2.75) is 26.5 Å². The molecule has 1 heterocycles. The van der Waals surface area contributed by atoms with Gasteiger partial charge in [0.15, 0.2) is 0 Å². The number of rotatable bonds is 12. The molecule has 1 aromatic rings. The number of ether oxygens (including phenoxy) is 2. The molecule has 0 radical (unpaired) electrons. The minimum Gasteiger partial charge on any atom is -0.396 e. The number of nitrogen functional groups attached to an aromatic ring is 1. The molecule has 0 saturated heterocycles. The Morgan fingerprint density at radius 1 is 1.29 bits per heavy atom. The maximum absolute atomic E-state index is 10.2. The summed E-state index contributed by atoms with van der Waals surface area (Å²) in [6, 6.07) is 0. The molecule has 1 unspecified atom stereocenters. The second-order valence-corrected chi connectivity index (χ2v) is 4.84. The minimum atomic E-state index is -0.507. The molecule has 21 heavy (non-hydrogen) atoms. The maximum Gasteiger partial charge on any atom is 0.0862 e. The molecule has 0 fully saturated rings. The van der Waals surface area contributed by atoms with Crippen LogP contribution in [-0.2, 0) is 16.0 Å². The number of hydrogen-bond donors (Lipinski definition) is 2. The van der Waals surface area contributed by atoms with E-state index in [0.717, 1.165) is 13.1 Å². The lowest BCUT2D eigenvalue weighted by Gasteiger charge is -2.24. The first kappa shape index (κ1) is 17.9. The fraction of sp³-hybridized carbons (Fsp3) is 0.786. The molecule has 0 aromatic carbocycles. The zero-order valence-electron chi connectivity index (χ0n) is 13.1. The van der Waals surface area contributed by atoms with Crippen molar-refractivity contribution in [3.05, 3.63) is 12.4 Å². The number of nitrogens with zero attached hydrogens (tertiary/aromatic N) is 3. The van der Waals surface area contributed by atoms with Crippen molar-refractivity contribution in [3.63, 3.8) is 0 Å². The van der Waals surface area contributed by atoms with Crippen LogP contribution in [0.2, 0.25) is 0 Å². The fourth-order valence-electron chi connectivity index (χ4n) is 2.02. The molecule has 1 atom stereocenters. The fourth-order valence-corrected chi connectivity index (χ4v) is 2.02. The van der Waals surface area contributed by atoms with Crippen LogP contribution in [0.5, 0.6) is 0 Å². The monoisotopic (exact) mass is 300 g/mol. The summed E-state index contributed by atoms with van der Waals surface area (Å²) in [5, 5.41) is 14.2. The van der Waals surface area contributed by atoms with Crippen LogP contribution in [0.4, 0.5) is 5.69 Å². The lowest BCUT2D eigenvalue weighted by Crippen LogP contribution is -2.39. The molecule has 1 aromatic heterocycles. The normalized spacial score (nSPS) is 13.0. The highest BCUT2D eigenvalue weighted by atomic mass is 16.5. The second kappa shape index (κ2) is 10.6. The van der Waals surface area contributed by atoms with Crippen LogP contribution in [0.25, 0.3) is 0 Å². The van der Waals surface area contributed by atoms with Gasteiger partial charge in [-0.25, -0.2) is 0 Å². The van der Waals surface area contributed by atoms with Gasteiger partial charge in [-0.3, -0.25) is 9.58 Å². The third-order valence-electron chi connectivity index (χ3n) is 3.03. The Morgan fingerprint density at radius 3 is 2.38 bits per heavy atom. The molecule has 0 aliphatic rings. The lowest BCUT2D eigenvalue weighted by molar-refractivity contribution is 0.0474. The third kappa shape index (κ3) is 8.01. The number of anilines is 1. The zero-order valence-corrected chi connectivity index (χ0v) is 13.1. The molecular weight excluding hydrogens is 272 g/mol. The maximum atomic E-state index is 10.2. The summed E-state index contributed by atoms with van der Waals surface area (Å²) in [4.78, 5) is 2.14. The highest BCUT2D eigenvalue weighted by Crippen LogP contribution is 2.01. The van der Waals surface area contributed by atoms with Crippen LogP contribution in [0.1, 0.15) is 13.8 Å². The third-order valence-corrected chi connectivity index (χ3v) is 3.03. The van der Waals surface area contributed by atoms with E-state index < -0.39 is 6.10 Å². The van der Waals surface area contributed by atoms with Crippen LogP contribution in [0.3, 0.4) is 0 Å². The predicted molar refractivity (Wildman–Crippen MR) is 82.1 cm³/mol. The number of aromatic nitrogens is 2. The highest BCUT2D eigenvalue weighted by Gasteiger charge is 2.13. The molecular formula is C14H28N4O3. The van der Waals surface area contributed by atoms with Gasteiger partial charge in [0.1, 0.15) is 0 Å². The Labute approximate surface area is 126 Å². The van der Waals surface area contributed by atoms with Gasteiger partial charge >= 0.3 is 0 Å². The van der Waals surface area contributed by atoms with E-state index in [1.807, 2.05) is 13.8 Å². The van der Waals surface area contributed by atoms with E-state index in [9.17, 15) is 5.11 Å². The van der Waals surface area contributed by atoms with Crippen LogP contribution in [0, 0.1) is 0 Å². The molecule has 3 N–H and O–H groups in total. The zero-order chi connectivity index (χ0) is 15.5. The molecule has 7 heteroatoms. The van der Waals surface area contributed by atoms with Crippen molar-refractivity contribution in [1.29, 1.82) is 0 Å². The summed E-state index contributed by atoms with van der Waals surface area (Å²) >= 11 is 0. The first-order chi connectivity index (χ1) is 10.2. The molecule has 1 rings (SSSR count). The Hall–Kier alpha value is -1.15. The van der Waals surface area contributed by atoms with E-state index >= 15 is 0 Å². The van der Waals surface area contributed by atoms with E-state index in [2.05, 4.69) is 10.00 Å². The van der Waals surface area contributed by atoms with Crippen molar-refractivity contribution < 1.29 is 14.6 Å². The Kier molecular flexibility index (Phi) is 9.00. The minimum absolute atomic E-state index is 0.428. The average Bonchev–Trinajstić information content (AvgIpc) is 2.84. The quantitative estimate of drug-likeness (QED) is 0.536. The van der Waals surface area contributed by atoms with Gasteiger partial charge in [-0.1, -0.05) is 0 Å². The molecule has 0 spiro atoms. The summed E-state index contributed by atoms with van der Waals surface area (Å²) in [5.74, 6) is 0. The summed E-state index contributed by atoms with van der Waals surface area (Å²) in [6.07, 6.45) is 2.79. The van der Waals surface area contributed by atoms with Gasteiger partial charge < -0.3 is 20.3 Å². The SMILES string of the molecule is CCOCCN(CCOCC)CC(O)Cn1cc(N)cn1. The van der Waals surface area contributed by atoms with E-state index in [0.29, 0.717) is 45.2 Å². The summed E-state index contributed by atoms with van der Waals surface area (Å²) in [6.45, 7) is 9.20. The van der Waals surface area contributed by atoms with Crippen LogP contribution in [-0.4, -0.2) is 72.0 Å². The summed E-state index contributed by atoms with van der Waals surface area (Å²) in [7, 11) is 0. The average molecular weight is 300 g/mol. The van der Waals surface area contributed by atoms with Gasteiger partial charge in [0.25, 0.3) is 0 Å². The summed E-state index contributed by atoms with van der Waals surface area (Å²) < 4.78 is 12.4. The first-order valence-corrected chi connectivity index (χ1v) is 7.49. The van der Waals surface area contributed by atoms with E-state index in [-0.39, 0.29) is 0 Å². The van der Waals surface area contributed by atoms with Gasteiger partial charge in [-0.2, -0.15) is 5.10 Å². The van der Waals surface area contributed by atoms with Crippen molar-refractivity contribution in [3.8, 4) is 0 Å². The Bertz CT molecular complexity index is 363. The molecule has 7 nitrogen and oxygen atoms in total. The molecule has 0 amide bonds. The van der Waals surface area contributed by atoms with Crippen molar-refractivity contribution in [1.82, 2.24) is 14.7 Å². The highest BCUT2D eigenvalue weighted by molar-refractivity contribution is 5.30. The van der Waals surface area contributed by atoms with Crippen LogP contribution >= 0.6 is 0 Å². The standard InChI is InChI=1S/C14H28N4O3/c1-3-20-7-5-17(6-8-21-4-2)11-14(19)12-18-10-13(15)9-16-18/h9-10,14,19H,3-8,11-12,15H2,1-2H3. The largest absolute Gasteiger partial charge is 0.396 e. The van der Waals surface area contributed by atoms with Gasteiger partial charge in [0, 0.05) is 39.0 Å². The van der Waals surface area contributed by atoms with Gasteiger partial charge in [0.2, 0.25) is 0 Å². The summed E-state index contributed by atoms with van der Waals surface area (Å²) in [5.41, 5.74) is 6.21. The molecule has 0 bridgehead atoms. The molecule has 0 saturated carbocycles. The van der Waals surface area contributed by atoms with Crippen molar-refractivity contribution in [2.75, 3.05) is 51.8 Å². The van der Waals surface area contributed by atoms with E-state index in [1.54, 1.807) is 17.1 Å². The molecule has 0 aliphatic heterocycles. The predicted octanol–water partition coefficient (Wildman–Crippen LogP) is 0.201. The number of nitrogens with two attached hydrogens (primary N) is 1.